The smallest absolute Gasteiger partial charge is 0.441 e. The van der Waals surface area contributed by atoms with Crippen molar-refractivity contribution in [3.63, 3.8) is 0 Å². The highest BCUT2D eigenvalue weighted by Gasteiger charge is 2.63. The van der Waals surface area contributed by atoms with Gasteiger partial charge in [0.1, 0.15) is 0 Å². The van der Waals surface area contributed by atoms with Crippen molar-refractivity contribution in [1.82, 2.24) is 5.32 Å². The average molecular weight is 339 g/mol. The molecule has 0 aliphatic carbocycles. The first-order chi connectivity index (χ1) is 10.1. The number of nitrogens with one attached hydrogen (secondary N) is 2. The number of carbonyl (C=O) groups is 2. The number of anilines is 1. The number of hydrogen-bond acceptors (Lipinski definition) is 4. The molecule has 0 aliphatic rings. The fraction of sp³-hybridized carbons (Fsp3) is 0.385. The zero-order chi connectivity index (χ0) is 17.0. The molecule has 0 saturated heterocycles. The quantitative estimate of drug-likeness (QED) is 0.640. The van der Waals surface area contributed by atoms with E-state index in [4.69, 9.17) is 11.6 Å². The van der Waals surface area contributed by atoms with Gasteiger partial charge in [0.2, 0.25) is 5.91 Å². The minimum absolute atomic E-state index is 0.0662. The van der Waals surface area contributed by atoms with Crippen molar-refractivity contribution in [2.75, 3.05) is 11.9 Å². The molecule has 0 fully saturated rings. The SMILES string of the molecule is CCOC(=O)[C@@](NC(C)=O)(Nc1ccc(Cl)cc1)C(F)(F)F. The zero-order valence-corrected chi connectivity index (χ0v) is 12.5. The molecule has 1 aromatic carbocycles. The van der Waals surface area contributed by atoms with E-state index in [2.05, 4.69) is 4.74 Å². The molecule has 0 aliphatic heterocycles. The largest absolute Gasteiger partial charge is 0.463 e. The van der Waals surface area contributed by atoms with Gasteiger partial charge in [0.15, 0.2) is 0 Å². The highest BCUT2D eigenvalue weighted by molar-refractivity contribution is 6.30. The second kappa shape index (κ2) is 6.87. The lowest BCUT2D eigenvalue weighted by Crippen LogP contribution is -2.69. The van der Waals surface area contributed by atoms with Crippen LogP contribution in [0.2, 0.25) is 5.02 Å². The van der Waals surface area contributed by atoms with Crippen LogP contribution in [0.15, 0.2) is 24.3 Å². The molecule has 22 heavy (non-hydrogen) atoms. The van der Waals surface area contributed by atoms with E-state index in [1.807, 2.05) is 5.32 Å². The van der Waals surface area contributed by atoms with E-state index >= 15 is 0 Å². The van der Waals surface area contributed by atoms with Crippen molar-refractivity contribution in [1.29, 1.82) is 0 Å². The van der Waals surface area contributed by atoms with Gasteiger partial charge in [-0.3, -0.25) is 4.79 Å². The van der Waals surface area contributed by atoms with Crippen LogP contribution in [0.5, 0.6) is 0 Å². The second-order valence-electron chi connectivity index (χ2n) is 4.28. The Balaban J connectivity index is 3.31. The molecule has 1 aromatic rings. The third-order valence-electron chi connectivity index (χ3n) is 2.55. The van der Waals surface area contributed by atoms with E-state index in [0.717, 1.165) is 6.92 Å². The van der Waals surface area contributed by atoms with Gasteiger partial charge in [-0.15, -0.1) is 0 Å². The molecule has 122 valence electrons. The summed E-state index contributed by atoms with van der Waals surface area (Å²) in [6.07, 6.45) is -5.13. The standard InChI is InChI=1S/C13H14ClF3N2O3/c1-3-22-11(21)12(13(15,16)17,18-8(2)20)19-10-6-4-9(14)5-7-10/h4-7,19H,3H2,1-2H3,(H,18,20)/t12-/m1/s1. The number of rotatable bonds is 5. The molecule has 1 rings (SSSR count). The highest BCUT2D eigenvalue weighted by Crippen LogP contribution is 2.33. The summed E-state index contributed by atoms with van der Waals surface area (Å²) in [6, 6.07) is 5.15. The number of esters is 1. The van der Waals surface area contributed by atoms with Gasteiger partial charge in [-0.2, -0.15) is 13.2 Å². The number of benzene rings is 1. The van der Waals surface area contributed by atoms with E-state index in [9.17, 15) is 22.8 Å². The monoisotopic (exact) mass is 338 g/mol. The Bertz CT molecular complexity index is 548. The molecule has 0 radical (unpaired) electrons. The molecule has 0 spiro atoms. The summed E-state index contributed by atoms with van der Waals surface area (Å²) in [6.45, 7) is 1.94. The number of alkyl halides is 3. The maximum Gasteiger partial charge on any atom is 0.441 e. The summed E-state index contributed by atoms with van der Waals surface area (Å²) >= 11 is 5.66. The van der Waals surface area contributed by atoms with Crippen molar-refractivity contribution in [2.45, 2.75) is 25.7 Å². The second-order valence-corrected chi connectivity index (χ2v) is 4.72. The number of hydrogen-bond donors (Lipinski definition) is 2. The predicted octanol–water partition coefficient (Wildman–Crippen LogP) is 2.71. The summed E-state index contributed by atoms with van der Waals surface area (Å²) in [4.78, 5) is 23.1. The van der Waals surface area contributed by atoms with Crippen LogP contribution in [0.25, 0.3) is 0 Å². The first-order valence-electron chi connectivity index (χ1n) is 6.19. The van der Waals surface area contributed by atoms with E-state index in [1.165, 1.54) is 31.2 Å². The molecule has 0 unspecified atom stereocenters. The Kier molecular flexibility index (Phi) is 5.65. The molecule has 5 nitrogen and oxygen atoms in total. The van der Waals surface area contributed by atoms with Crippen molar-refractivity contribution in [3.05, 3.63) is 29.3 Å². The number of amides is 1. The predicted molar refractivity (Wildman–Crippen MR) is 74.3 cm³/mol. The van der Waals surface area contributed by atoms with Crippen LogP contribution in [0.4, 0.5) is 18.9 Å². The average Bonchev–Trinajstić information content (AvgIpc) is 2.39. The maximum absolute atomic E-state index is 13.5. The van der Waals surface area contributed by atoms with Gasteiger partial charge in [-0.1, -0.05) is 11.6 Å². The summed E-state index contributed by atoms with van der Waals surface area (Å²) in [5.41, 5.74) is -3.45. The molecule has 0 bridgehead atoms. The number of ether oxygens (including phenoxy) is 1. The lowest BCUT2D eigenvalue weighted by molar-refractivity contribution is -0.207. The Morgan fingerprint density at radius 1 is 1.23 bits per heavy atom. The summed E-state index contributed by atoms with van der Waals surface area (Å²) in [5.74, 6) is -2.71. The van der Waals surface area contributed by atoms with Crippen molar-refractivity contribution in [2.24, 2.45) is 0 Å². The van der Waals surface area contributed by atoms with Crippen LogP contribution in [-0.2, 0) is 14.3 Å². The molecule has 1 amide bonds. The maximum atomic E-state index is 13.5. The fourth-order valence-corrected chi connectivity index (χ4v) is 1.77. The van der Waals surface area contributed by atoms with Gasteiger partial charge in [-0.25, -0.2) is 4.79 Å². The third-order valence-corrected chi connectivity index (χ3v) is 2.80. The molecular weight excluding hydrogens is 325 g/mol. The minimum atomic E-state index is -5.13. The van der Waals surface area contributed by atoms with Gasteiger partial charge in [0, 0.05) is 17.6 Å². The van der Waals surface area contributed by atoms with Gasteiger partial charge in [0.25, 0.3) is 0 Å². The molecular formula is C13H14ClF3N2O3. The Hall–Kier alpha value is -1.96. The topological polar surface area (TPSA) is 67.4 Å². The molecule has 9 heteroatoms. The van der Waals surface area contributed by atoms with Gasteiger partial charge in [-0.05, 0) is 31.2 Å². The van der Waals surface area contributed by atoms with Crippen LogP contribution < -0.4 is 10.6 Å². The molecule has 0 heterocycles. The molecule has 0 aromatic heterocycles. The van der Waals surface area contributed by atoms with E-state index < -0.39 is 23.7 Å². The summed E-state index contributed by atoms with van der Waals surface area (Å²) in [5, 5.41) is 3.89. The normalized spacial score (nSPS) is 13.9. The highest BCUT2D eigenvalue weighted by atomic mass is 35.5. The molecule has 1 atom stereocenters. The van der Waals surface area contributed by atoms with E-state index in [1.54, 1.807) is 5.32 Å². The van der Waals surface area contributed by atoms with Crippen LogP contribution in [0.1, 0.15) is 13.8 Å². The third kappa shape index (κ3) is 4.03. The fourth-order valence-electron chi connectivity index (χ4n) is 1.64. The number of carbonyl (C=O) groups excluding carboxylic acids is 2. The van der Waals surface area contributed by atoms with Crippen molar-refractivity contribution >= 4 is 29.2 Å². The Morgan fingerprint density at radius 3 is 2.18 bits per heavy atom. The van der Waals surface area contributed by atoms with Crippen molar-refractivity contribution < 1.29 is 27.5 Å². The van der Waals surface area contributed by atoms with Crippen LogP contribution in [0.3, 0.4) is 0 Å². The van der Waals surface area contributed by atoms with Crippen LogP contribution in [-0.4, -0.2) is 30.3 Å². The van der Waals surface area contributed by atoms with Gasteiger partial charge >= 0.3 is 17.8 Å². The lowest BCUT2D eigenvalue weighted by atomic mass is 10.1. The van der Waals surface area contributed by atoms with Gasteiger partial charge < -0.3 is 15.4 Å². The zero-order valence-electron chi connectivity index (χ0n) is 11.8. The molecule has 0 saturated carbocycles. The van der Waals surface area contributed by atoms with E-state index in [-0.39, 0.29) is 12.3 Å². The first kappa shape index (κ1) is 18.1. The van der Waals surface area contributed by atoms with Crippen LogP contribution >= 0.6 is 11.6 Å². The van der Waals surface area contributed by atoms with Crippen molar-refractivity contribution in [3.8, 4) is 0 Å². The Morgan fingerprint density at radius 2 is 1.77 bits per heavy atom. The minimum Gasteiger partial charge on any atom is -0.463 e. The number of halogens is 4. The Labute approximate surface area is 129 Å². The summed E-state index contributed by atoms with van der Waals surface area (Å²) < 4.78 is 44.9. The van der Waals surface area contributed by atoms with Gasteiger partial charge in [0.05, 0.1) is 6.61 Å². The lowest BCUT2D eigenvalue weighted by Gasteiger charge is -2.35. The molecule has 2 N–H and O–H groups in total. The van der Waals surface area contributed by atoms with Crippen LogP contribution in [0, 0.1) is 0 Å². The summed E-state index contributed by atoms with van der Waals surface area (Å²) in [7, 11) is 0. The first-order valence-corrected chi connectivity index (χ1v) is 6.56. The van der Waals surface area contributed by atoms with E-state index in [0.29, 0.717) is 5.02 Å².